The Morgan fingerprint density at radius 1 is 1.11 bits per heavy atom. The Bertz CT molecular complexity index is 1340. The largest absolute Gasteiger partial charge is 0.481 e. The molecule has 9 heteroatoms. The lowest BCUT2D eigenvalue weighted by atomic mass is 9.87. The van der Waals surface area contributed by atoms with Crippen LogP contribution >= 0.6 is 0 Å². The van der Waals surface area contributed by atoms with Crippen molar-refractivity contribution in [3.8, 4) is 6.07 Å². The van der Waals surface area contributed by atoms with E-state index in [1.807, 2.05) is 37.5 Å². The van der Waals surface area contributed by atoms with Crippen molar-refractivity contribution in [3.05, 3.63) is 53.7 Å². The standard InChI is InChI=1S/C28H32N6O3/c1-18(28(36)37)13-25(35)19-3-5-22(6-4-19)32-9-11-33(12-10-32)26-8-7-24-20(16-29)17-34(27(24)31-26)23-14-21(15-23)30-2/h3-8,17-18,21,23,30H,9-15H2,1-2H3,(H,36,37). The van der Waals surface area contributed by atoms with Gasteiger partial charge in [0, 0.05) is 67.5 Å². The molecule has 0 bridgehead atoms. The van der Waals surface area contributed by atoms with E-state index < -0.39 is 11.9 Å². The fourth-order valence-electron chi connectivity index (χ4n) is 5.24. The van der Waals surface area contributed by atoms with Gasteiger partial charge in [-0.2, -0.15) is 5.26 Å². The van der Waals surface area contributed by atoms with Crippen molar-refractivity contribution in [1.29, 1.82) is 5.26 Å². The Labute approximate surface area is 216 Å². The highest BCUT2D eigenvalue weighted by Crippen LogP contribution is 2.36. The predicted molar refractivity (Wildman–Crippen MR) is 142 cm³/mol. The first kappa shape index (κ1) is 24.8. The normalized spacial score (nSPS) is 20.4. The second-order valence-electron chi connectivity index (χ2n) is 10.1. The summed E-state index contributed by atoms with van der Waals surface area (Å²) >= 11 is 0. The summed E-state index contributed by atoms with van der Waals surface area (Å²) in [5.41, 5.74) is 3.14. The van der Waals surface area contributed by atoms with E-state index in [2.05, 4.69) is 25.8 Å². The van der Waals surface area contributed by atoms with Crippen LogP contribution in [-0.2, 0) is 4.79 Å². The lowest BCUT2D eigenvalue weighted by molar-refractivity contribution is -0.141. The summed E-state index contributed by atoms with van der Waals surface area (Å²) in [4.78, 5) is 33.0. The number of piperazine rings is 1. The number of aliphatic carboxylic acids is 1. The molecule has 3 aromatic rings. The first-order valence-corrected chi connectivity index (χ1v) is 12.8. The number of aromatic nitrogens is 2. The molecule has 2 N–H and O–H groups in total. The highest BCUT2D eigenvalue weighted by molar-refractivity contribution is 5.98. The molecular weight excluding hydrogens is 468 g/mol. The fraction of sp³-hybridized carbons (Fsp3) is 0.429. The molecule has 0 amide bonds. The number of hydrogen-bond donors (Lipinski definition) is 2. The van der Waals surface area contributed by atoms with Gasteiger partial charge in [0.2, 0.25) is 0 Å². The lowest BCUT2D eigenvalue weighted by Crippen LogP contribution is -2.46. The predicted octanol–water partition coefficient (Wildman–Crippen LogP) is 3.45. The number of nitrogens with one attached hydrogen (secondary N) is 1. The van der Waals surface area contributed by atoms with Gasteiger partial charge >= 0.3 is 5.97 Å². The molecule has 2 aliphatic rings. The molecule has 1 unspecified atom stereocenters. The van der Waals surface area contributed by atoms with Crippen LogP contribution in [0.4, 0.5) is 11.5 Å². The molecule has 1 aromatic carbocycles. The van der Waals surface area contributed by atoms with Crippen LogP contribution in [0, 0.1) is 17.2 Å². The van der Waals surface area contributed by atoms with Gasteiger partial charge in [0.15, 0.2) is 5.78 Å². The molecule has 1 aliphatic heterocycles. The third-order valence-electron chi connectivity index (χ3n) is 7.77. The van der Waals surface area contributed by atoms with Gasteiger partial charge in [-0.15, -0.1) is 0 Å². The third kappa shape index (κ3) is 4.89. The van der Waals surface area contributed by atoms with Crippen molar-refractivity contribution in [2.24, 2.45) is 5.92 Å². The van der Waals surface area contributed by atoms with E-state index in [0.717, 1.165) is 61.6 Å². The summed E-state index contributed by atoms with van der Waals surface area (Å²) < 4.78 is 2.18. The zero-order chi connectivity index (χ0) is 26.1. The Morgan fingerprint density at radius 3 is 2.41 bits per heavy atom. The van der Waals surface area contributed by atoms with Gasteiger partial charge in [-0.05, 0) is 56.3 Å². The zero-order valence-corrected chi connectivity index (χ0v) is 21.2. The van der Waals surface area contributed by atoms with Gasteiger partial charge in [0.1, 0.15) is 17.5 Å². The Morgan fingerprint density at radius 2 is 1.78 bits per heavy atom. The maximum atomic E-state index is 12.4. The van der Waals surface area contributed by atoms with E-state index in [4.69, 9.17) is 10.1 Å². The topological polar surface area (TPSA) is 114 Å². The highest BCUT2D eigenvalue weighted by atomic mass is 16.4. The number of pyridine rings is 1. The molecule has 5 rings (SSSR count). The second-order valence-corrected chi connectivity index (χ2v) is 10.1. The Hall–Kier alpha value is -3.90. The summed E-state index contributed by atoms with van der Waals surface area (Å²) in [6.07, 6.45) is 4.03. The fourth-order valence-corrected chi connectivity index (χ4v) is 5.24. The number of anilines is 2. The highest BCUT2D eigenvalue weighted by Gasteiger charge is 2.31. The number of Topliss-reactive ketones (excluding diaryl/α,β-unsaturated/α-hetero) is 1. The Balaban J connectivity index is 1.25. The van der Waals surface area contributed by atoms with Gasteiger partial charge in [0.05, 0.1) is 11.5 Å². The van der Waals surface area contributed by atoms with Crippen LogP contribution < -0.4 is 15.1 Å². The molecular formula is C28H32N6O3. The van der Waals surface area contributed by atoms with Gasteiger partial charge in [0.25, 0.3) is 0 Å². The van der Waals surface area contributed by atoms with Crippen LogP contribution in [0.25, 0.3) is 11.0 Å². The molecule has 3 heterocycles. The number of rotatable bonds is 8. The number of ketones is 1. The van der Waals surface area contributed by atoms with Crippen molar-refractivity contribution >= 4 is 34.3 Å². The number of carbonyl (C=O) groups is 2. The number of carboxylic acid groups (broad SMARTS) is 1. The van der Waals surface area contributed by atoms with Crippen molar-refractivity contribution < 1.29 is 14.7 Å². The van der Waals surface area contributed by atoms with Crippen molar-refractivity contribution in [1.82, 2.24) is 14.9 Å². The summed E-state index contributed by atoms with van der Waals surface area (Å²) in [7, 11) is 1.99. The Kier molecular flexibility index (Phi) is 6.85. The average molecular weight is 501 g/mol. The number of fused-ring (bicyclic) bond motifs is 1. The summed E-state index contributed by atoms with van der Waals surface area (Å²) in [6, 6.07) is 14.7. The monoisotopic (exact) mass is 500 g/mol. The minimum Gasteiger partial charge on any atom is -0.481 e. The van der Waals surface area contributed by atoms with Crippen LogP contribution in [0.3, 0.4) is 0 Å². The zero-order valence-electron chi connectivity index (χ0n) is 21.2. The van der Waals surface area contributed by atoms with Gasteiger partial charge in [-0.1, -0.05) is 6.92 Å². The minimum atomic E-state index is -0.958. The summed E-state index contributed by atoms with van der Waals surface area (Å²) in [5, 5.41) is 22.9. The van der Waals surface area contributed by atoms with E-state index >= 15 is 0 Å². The third-order valence-corrected chi connectivity index (χ3v) is 7.77. The van der Waals surface area contributed by atoms with E-state index in [1.54, 1.807) is 19.1 Å². The first-order chi connectivity index (χ1) is 17.9. The van der Waals surface area contributed by atoms with E-state index in [0.29, 0.717) is 23.2 Å². The molecule has 192 valence electrons. The number of carbonyl (C=O) groups excluding carboxylic acids is 1. The minimum absolute atomic E-state index is 0.000756. The van der Waals surface area contributed by atoms with E-state index in [9.17, 15) is 14.9 Å². The summed E-state index contributed by atoms with van der Waals surface area (Å²) in [5.74, 6) is -0.878. The van der Waals surface area contributed by atoms with Crippen molar-refractivity contribution in [2.75, 3.05) is 43.0 Å². The lowest BCUT2D eigenvalue weighted by Gasteiger charge is -2.37. The number of nitriles is 1. The van der Waals surface area contributed by atoms with Crippen LogP contribution in [-0.4, -0.2) is 65.7 Å². The average Bonchev–Trinajstić information content (AvgIpc) is 3.26. The molecule has 2 aromatic heterocycles. The molecule has 1 saturated heterocycles. The molecule has 1 saturated carbocycles. The van der Waals surface area contributed by atoms with Crippen LogP contribution in [0.15, 0.2) is 42.6 Å². The van der Waals surface area contributed by atoms with Crippen molar-refractivity contribution in [2.45, 2.75) is 38.3 Å². The molecule has 2 fully saturated rings. The first-order valence-electron chi connectivity index (χ1n) is 12.8. The maximum Gasteiger partial charge on any atom is 0.306 e. The van der Waals surface area contributed by atoms with Gasteiger partial charge < -0.3 is 24.8 Å². The SMILES string of the molecule is CNC1CC(n2cc(C#N)c3ccc(N4CCN(c5ccc(C(=O)CC(C)C(=O)O)cc5)CC4)nc32)C1. The molecule has 0 radical (unpaired) electrons. The van der Waals surface area contributed by atoms with Crippen LogP contribution in [0.5, 0.6) is 0 Å². The number of hydrogen-bond acceptors (Lipinski definition) is 7. The second kappa shape index (κ2) is 10.2. The number of benzene rings is 1. The number of carboxylic acids is 1. The molecule has 0 spiro atoms. The summed E-state index contributed by atoms with van der Waals surface area (Å²) in [6.45, 7) is 4.81. The van der Waals surface area contributed by atoms with Crippen LogP contribution in [0.2, 0.25) is 0 Å². The maximum absolute atomic E-state index is 12.4. The van der Waals surface area contributed by atoms with E-state index in [1.165, 1.54) is 0 Å². The van der Waals surface area contributed by atoms with Gasteiger partial charge in [-0.25, -0.2) is 4.98 Å². The molecule has 1 atom stereocenters. The van der Waals surface area contributed by atoms with E-state index in [-0.39, 0.29) is 12.2 Å². The molecule has 37 heavy (non-hydrogen) atoms. The number of nitrogens with zero attached hydrogens (tertiary/aromatic N) is 5. The molecule has 1 aliphatic carbocycles. The van der Waals surface area contributed by atoms with Gasteiger partial charge in [-0.3, -0.25) is 9.59 Å². The van der Waals surface area contributed by atoms with Crippen LogP contribution in [0.1, 0.15) is 48.1 Å². The molecule has 9 nitrogen and oxygen atoms in total. The quantitative estimate of drug-likeness (QED) is 0.452. The van der Waals surface area contributed by atoms with Crippen molar-refractivity contribution in [3.63, 3.8) is 0 Å². The smallest absolute Gasteiger partial charge is 0.306 e.